The standard InChI is InChI=1S/C20H24O7/c1-9(2)17(21)25-13-7-11-6-12(24-19(11)23-5)8-20(4)16(27-20)15-14(13)10(3)18(22)26-15/h6,12-16,19H,1,3,7-8H2,2,4-5H3/t12-,13+,14-,15+,16-,19-,20-/m1/s1. The molecule has 2 bridgehead atoms. The lowest BCUT2D eigenvalue weighted by Gasteiger charge is -2.28. The lowest BCUT2D eigenvalue weighted by Crippen LogP contribution is -2.39. The summed E-state index contributed by atoms with van der Waals surface area (Å²) in [7, 11) is 1.57. The number of methoxy groups -OCH3 is 1. The van der Waals surface area contributed by atoms with E-state index < -0.39 is 42.0 Å². The highest BCUT2D eigenvalue weighted by Crippen LogP contribution is 2.51. The second-order valence-electron chi connectivity index (χ2n) is 7.89. The van der Waals surface area contributed by atoms with Crippen molar-refractivity contribution in [1.29, 1.82) is 0 Å². The fourth-order valence-corrected chi connectivity index (χ4v) is 4.32. The summed E-state index contributed by atoms with van der Waals surface area (Å²) in [4.78, 5) is 24.5. The Hall–Kier alpha value is -1.96. The summed E-state index contributed by atoms with van der Waals surface area (Å²) in [6, 6.07) is 0. The van der Waals surface area contributed by atoms with Gasteiger partial charge in [0.1, 0.15) is 18.3 Å². The highest BCUT2D eigenvalue weighted by atomic mass is 16.7. The molecule has 0 aromatic rings. The van der Waals surface area contributed by atoms with Crippen molar-refractivity contribution in [1.82, 2.24) is 0 Å². The monoisotopic (exact) mass is 376 g/mol. The van der Waals surface area contributed by atoms with E-state index in [0.717, 1.165) is 5.57 Å². The highest BCUT2D eigenvalue weighted by molar-refractivity contribution is 5.91. The molecule has 0 saturated carbocycles. The third kappa shape index (κ3) is 3.03. The van der Waals surface area contributed by atoms with Gasteiger partial charge in [0, 0.05) is 31.1 Å². The summed E-state index contributed by atoms with van der Waals surface area (Å²) >= 11 is 0. The highest BCUT2D eigenvalue weighted by Gasteiger charge is 2.64. The Balaban J connectivity index is 1.72. The first-order chi connectivity index (χ1) is 12.7. The Kier molecular flexibility index (Phi) is 4.29. The Morgan fingerprint density at radius 2 is 2.15 bits per heavy atom. The molecule has 0 spiro atoms. The summed E-state index contributed by atoms with van der Waals surface area (Å²) < 4.78 is 28.6. The first kappa shape index (κ1) is 18.4. The molecule has 0 N–H and O–H groups in total. The van der Waals surface area contributed by atoms with Gasteiger partial charge in [-0.25, -0.2) is 9.59 Å². The van der Waals surface area contributed by atoms with Gasteiger partial charge in [0.25, 0.3) is 0 Å². The van der Waals surface area contributed by atoms with E-state index >= 15 is 0 Å². The second-order valence-corrected chi connectivity index (χ2v) is 7.89. The van der Waals surface area contributed by atoms with Gasteiger partial charge >= 0.3 is 11.9 Å². The molecule has 3 aliphatic heterocycles. The van der Waals surface area contributed by atoms with Crippen LogP contribution >= 0.6 is 0 Å². The maximum Gasteiger partial charge on any atom is 0.334 e. The molecule has 1 aliphatic carbocycles. The molecule has 146 valence electrons. The fraction of sp³-hybridized carbons (Fsp3) is 0.600. The second kappa shape index (κ2) is 6.29. The van der Waals surface area contributed by atoms with Crippen LogP contribution in [-0.4, -0.2) is 55.4 Å². The molecule has 2 fully saturated rings. The minimum atomic E-state index is -0.657. The van der Waals surface area contributed by atoms with E-state index in [0.29, 0.717) is 18.4 Å². The van der Waals surface area contributed by atoms with Gasteiger partial charge in [-0.1, -0.05) is 19.2 Å². The van der Waals surface area contributed by atoms with E-state index in [4.69, 9.17) is 23.7 Å². The van der Waals surface area contributed by atoms with Crippen LogP contribution in [0.25, 0.3) is 0 Å². The summed E-state index contributed by atoms with van der Waals surface area (Å²) in [6.45, 7) is 11.1. The molecule has 0 amide bonds. The zero-order chi connectivity index (χ0) is 19.5. The fourth-order valence-electron chi connectivity index (χ4n) is 4.32. The van der Waals surface area contributed by atoms with Crippen LogP contribution < -0.4 is 0 Å². The summed E-state index contributed by atoms with van der Waals surface area (Å²) in [5, 5.41) is 0. The molecule has 0 aromatic carbocycles. The van der Waals surface area contributed by atoms with E-state index in [1.165, 1.54) is 0 Å². The zero-order valence-electron chi connectivity index (χ0n) is 15.7. The van der Waals surface area contributed by atoms with Crippen molar-refractivity contribution < 1.29 is 33.3 Å². The predicted octanol–water partition coefficient (Wildman–Crippen LogP) is 1.82. The minimum Gasteiger partial charge on any atom is -0.458 e. The number of carbonyl (C=O) groups excluding carboxylic acids is 2. The number of hydrogen-bond acceptors (Lipinski definition) is 7. The van der Waals surface area contributed by atoms with Gasteiger partial charge in [0.2, 0.25) is 0 Å². The number of fused-ring (bicyclic) bond motifs is 4. The Bertz CT molecular complexity index is 753. The SMILES string of the molecule is C=C(C)C(=O)O[C@H]1CC2=C[C@H](C[C@@]3(C)O[C@@H]3[C@H]3OC(=O)C(=C)[C@@H]31)O[C@H]2OC. The Morgan fingerprint density at radius 3 is 2.81 bits per heavy atom. The van der Waals surface area contributed by atoms with Crippen molar-refractivity contribution in [3.8, 4) is 0 Å². The van der Waals surface area contributed by atoms with E-state index in [2.05, 4.69) is 13.2 Å². The van der Waals surface area contributed by atoms with Crippen LogP contribution in [0.15, 0.2) is 36.0 Å². The molecule has 7 heteroatoms. The maximum absolute atomic E-state index is 12.3. The van der Waals surface area contributed by atoms with E-state index in [-0.39, 0.29) is 17.8 Å². The molecule has 4 rings (SSSR count). The third-order valence-electron chi connectivity index (χ3n) is 5.77. The van der Waals surface area contributed by atoms with Crippen molar-refractivity contribution in [3.05, 3.63) is 36.0 Å². The molecular weight excluding hydrogens is 352 g/mol. The largest absolute Gasteiger partial charge is 0.458 e. The van der Waals surface area contributed by atoms with Crippen LogP contribution in [0.2, 0.25) is 0 Å². The summed E-state index contributed by atoms with van der Waals surface area (Å²) in [5.74, 6) is -1.49. The molecule has 4 aliphatic rings. The summed E-state index contributed by atoms with van der Waals surface area (Å²) in [6.07, 6.45) is 0.794. The van der Waals surface area contributed by atoms with Crippen LogP contribution in [0.4, 0.5) is 0 Å². The van der Waals surface area contributed by atoms with E-state index in [9.17, 15) is 9.59 Å². The summed E-state index contributed by atoms with van der Waals surface area (Å²) in [5.41, 5.74) is 0.964. The smallest absolute Gasteiger partial charge is 0.334 e. The van der Waals surface area contributed by atoms with Crippen molar-refractivity contribution >= 4 is 11.9 Å². The molecule has 7 atom stereocenters. The molecule has 2 saturated heterocycles. The van der Waals surface area contributed by atoms with E-state index in [1.807, 2.05) is 13.0 Å². The third-order valence-corrected chi connectivity index (χ3v) is 5.77. The molecule has 0 unspecified atom stereocenters. The van der Waals surface area contributed by atoms with E-state index in [1.54, 1.807) is 14.0 Å². The van der Waals surface area contributed by atoms with Crippen molar-refractivity contribution in [2.24, 2.45) is 5.92 Å². The number of ether oxygens (including phenoxy) is 5. The predicted molar refractivity (Wildman–Crippen MR) is 93.5 cm³/mol. The van der Waals surface area contributed by atoms with Gasteiger partial charge in [0.05, 0.1) is 17.6 Å². The van der Waals surface area contributed by atoms with Gasteiger partial charge in [-0.2, -0.15) is 0 Å². The first-order valence-corrected chi connectivity index (χ1v) is 9.06. The van der Waals surface area contributed by atoms with Crippen LogP contribution in [0.5, 0.6) is 0 Å². The Labute approximate surface area is 157 Å². The van der Waals surface area contributed by atoms with Gasteiger partial charge in [-0.3, -0.25) is 0 Å². The average Bonchev–Trinajstić information content (AvgIpc) is 2.96. The van der Waals surface area contributed by atoms with Crippen molar-refractivity contribution in [3.63, 3.8) is 0 Å². The van der Waals surface area contributed by atoms with Gasteiger partial charge in [0.15, 0.2) is 6.29 Å². The van der Waals surface area contributed by atoms with Crippen molar-refractivity contribution in [2.45, 2.75) is 63.0 Å². The normalized spacial score (nSPS) is 42.6. The van der Waals surface area contributed by atoms with Crippen LogP contribution in [0.3, 0.4) is 0 Å². The minimum absolute atomic E-state index is 0.172. The molecule has 0 radical (unpaired) electrons. The van der Waals surface area contributed by atoms with Crippen LogP contribution in [0, 0.1) is 5.92 Å². The average molecular weight is 376 g/mol. The number of rotatable bonds is 3. The lowest BCUT2D eigenvalue weighted by molar-refractivity contribution is -0.149. The number of esters is 2. The number of hydrogen-bond donors (Lipinski definition) is 0. The Morgan fingerprint density at radius 1 is 1.41 bits per heavy atom. The molecule has 0 aromatic heterocycles. The lowest BCUT2D eigenvalue weighted by atomic mass is 9.82. The topological polar surface area (TPSA) is 83.6 Å². The number of epoxide rings is 1. The molecular formula is C20H24O7. The van der Waals surface area contributed by atoms with Gasteiger partial charge < -0.3 is 23.7 Å². The van der Waals surface area contributed by atoms with Gasteiger partial charge in [-0.15, -0.1) is 0 Å². The van der Waals surface area contributed by atoms with Crippen LogP contribution in [-0.2, 0) is 33.3 Å². The van der Waals surface area contributed by atoms with Crippen molar-refractivity contribution in [2.75, 3.05) is 7.11 Å². The molecule has 3 heterocycles. The molecule has 7 nitrogen and oxygen atoms in total. The maximum atomic E-state index is 12.3. The molecule has 27 heavy (non-hydrogen) atoms. The quantitative estimate of drug-likeness (QED) is 0.321. The first-order valence-electron chi connectivity index (χ1n) is 9.06. The number of carbonyl (C=O) groups is 2. The van der Waals surface area contributed by atoms with Crippen LogP contribution in [0.1, 0.15) is 26.7 Å². The van der Waals surface area contributed by atoms with Gasteiger partial charge in [-0.05, 0) is 19.4 Å². The zero-order valence-corrected chi connectivity index (χ0v) is 15.7.